The summed E-state index contributed by atoms with van der Waals surface area (Å²) in [5.74, 6) is 0.303. The summed E-state index contributed by atoms with van der Waals surface area (Å²) < 4.78 is 5.37. The van der Waals surface area contributed by atoms with E-state index < -0.39 is 5.60 Å². The number of ether oxygens (including phenoxy) is 1. The van der Waals surface area contributed by atoms with Crippen molar-refractivity contribution in [1.29, 1.82) is 0 Å². The summed E-state index contributed by atoms with van der Waals surface area (Å²) in [5.41, 5.74) is 2.74. The van der Waals surface area contributed by atoms with Crippen LogP contribution >= 0.6 is 0 Å². The van der Waals surface area contributed by atoms with Crippen molar-refractivity contribution in [2.45, 2.75) is 39.2 Å². The van der Waals surface area contributed by atoms with Crippen LogP contribution in [0.2, 0.25) is 0 Å². The van der Waals surface area contributed by atoms with E-state index in [-0.39, 0.29) is 0 Å². The van der Waals surface area contributed by atoms with Gasteiger partial charge in [-0.2, -0.15) is 0 Å². The second-order valence-corrected chi connectivity index (χ2v) is 5.41. The maximum Gasteiger partial charge on any atom is 0.0898 e. The van der Waals surface area contributed by atoms with Gasteiger partial charge in [-0.3, -0.25) is 0 Å². The van der Waals surface area contributed by atoms with Gasteiger partial charge in [-0.25, -0.2) is 0 Å². The average molecular weight is 234 g/mol. The lowest BCUT2D eigenvalue weighted by atomic mass is 9.78. The highest BCUT2D eigenvalue weighted by Gasteiger charge is 2.34. The molecule has 1 heterocycles. The Bertz CT molecular complexity index is 370. The predicted molar refractivity (Wildman–Crippen MR) is 69.0 cm³/mol. The first-order valence-corrected chi connectivity index (χ1v) is 6.39. The molecule has 94 valence electrons. The molecule has 0 bridgehead atoms. The molecule has 2 rings (SSSR count). The Hall–Kier alpha value is -0.860. The monoisotopic (exact) mass is 234 g/mol. The zero-order valence-electron chi connectivity index (χ0n) is 11.0. The molecule has 0 aliphatic carbocycles. The summed E-state index contributed by atoms with van der Waals surface area (Å²) in [6, 6.07) is 6.34. The molecular formula is C15H22O2. The van der Waals surface area contributed by atoms with Crippen LogP contribution in [-0.2, 0) is 10.3 Å². The first-order valence-electron chi connectivity index (χ1n) is 6.39. The minimum atomic E-state index is -0.736. The van der Waals surface area contributed by atoms with Crippen molar-refractivity contribution in [1.82, 2.24) is 0 Å². The van der Waals surface area contributed by atoms with Crippen molar-refractivity contribution in [3.05, 3.63) is 34.9 Å². The van der Waals surface area contributed by atoms with Gasteiger partial charge in [0.25, 0.3) is 0 Å². The largest absolute Gasteiger partial charge is 0.385 e. The van der Waals surface area contributed by atoms with E-state index in [4.69, 9.17) is 4.74 Å². The average Bonchev–Trinajstić information content (AvgIpc) is 2.29. The first kappa shape index (κ1) is 12.6. The SMILES string of the molecule is Cc1cc(C)cc(C(C)(O)C2CCOCC2)c1. The number of aryl methyl sites for hydroxylation is 2. The van der Waals surface area contributed by atoms with Crippen molar-refractivity contribution < 1.29 is 9.84 Å². The highest BCUT2D eigenvalue weighted by molar-refractivity contribution is 5.32. The smallest absolute Gasteiger partial charge is 0.0898 e. The third-order valence-corrected chi connectivity index (χ3v) is 3.82. The molecule has 0 aromatic heterocycles. The molecule has 1 unspecified atom stereocenters. The van der Waals surface area contributed by atoms with E-state index in [1.807, 2.05) is 6.92 Å². The molecule has 1 aromatic rings. The van der Waals surface area contributed by atoms with Crippen LogP contribution in [0, 0.1) is 19.8 Å². The Labute approximate surface area is 104 Å². The quantitative estimate of drug-likeness (QED) is 0.852. The fourth-order valence-electron chi connectivity index (χ4n) is 2.76. The maximum absolute atomic E-state index is 10.8. The molecule has 2 nitrogen and oxygen atoms in total. The van der Waals surface area contributed by atoms with Gasteiger partial charge >= 0.3 is 0 Å². The van der Waals surface area contributed by atoms with Crippen LogP contribution in [0.3, 0.4) is 0 Å². The van der Waals surface area contributed by atoms with Gasteiger partial charge in [0.2, 0.25) is 0 Å². The molecule has 1 fully saturated rings. The number of aliphatic hydroxyl groups is 1. The van der Waals surface area contributed by atoms with Crippen molar-refractivity contribution in [3.8, 4) is 0 Å². The zero-order chi connectivity index (χ0) is 12.5. The van der Waals surface area contributed by atoms with Gasteiger partial charge in [0.1, 0.15) is 0 Å². The van der Waals surface area contributed by atoms with Gasteiger partial charge in [-0.15, -0.1) is 0 Å². The van der Waals surface area contributed by atoms with E-state index in [0.717, 1.165) is 31.6 Å². The number of hydrogen-bond donors (Lipinski definition) is 1. The highest BCUT2D eigenvalue weighted by Crippen LogP contribution is 2.36. The fraction of sp³-hybridized carbons (Fsp3) is 0.600. The second kappa shape index (κ2) is 4.79. The van der Waals surface area contributed by atoms with Crippen LogP contribution in [0.4, 0.5) is 0 Å². The van der Waals surface area contributed by atoms with Crippen molar-refractivity contribution in [2.75, 3.05) is 13.2 Å². The van der Waals surface area contributed by atoms with Crippen molar-refractivity contribution in [2.24, 2.45) is 5.92 Å². The van der Waals surface area contributed by atoms with E-state index in [9.17, 15) is 5.11 Å². The van der Waals surface area contributed by atoms with E-state index in [0.29, 0.717) is 5.92 Å². The van der Waals surface area contributed by atoms with Gasteiger partial charge in [-0.1, -0.05) is 29.3 Å². The lowest BCUT2D eigenvalue weighted by molar-refractivity contribution is -0.0580. The van der Waals surface area contributed by atoms with Gasteiger partial charge in [-0.05, 0) is 45.1 Å². The minimum absolute atomic E-state index is 0.303. The summed E-state index contributed by atoms with van der Waals surface area (Å²) in [6.07, 6.45) is 1.89. The Morgan fingerprint density at radius 2 is 1.65 bits per heavy atom. The van der Waals surface area contributed by atoms with E-state index in [1.165, 1.54) is 11.1 Å². The van der Waals surface area contributed by atoms with Gasteiger partial charge in [0.05, 0.1) is 5.60 Å². The lowest BCUT2D eigenvalue weighted by Crippen LogP contribution is -2.36. The molecule has 0 radical (unpaired) electrons. The van der Waals surface area contributed by atoms with Crippen molar-refractivity contribution >= 4 is 0 Å². The summed E-state index contributed by atoms with van der Waals surface area (Å²) in [4.78, 5) is 0. The molecule has 0 amide bonds. The van der Waals surface area contributed by atoms with Crippen LogP contribution in [0.25, 0.3) is 0 Å². The molecule has 17 heavy (non-hydrogen) atoms. The third kappa shape index (κ3) is 2.70. The molecule has 0 spiro atoms. The van der Waals surface area contributed by atoms with Crippen LogP contribution in [0.5, 0.6) is 0 Å². The van der Waals surface area contributed by atoms with Crippen LogP contribution in [0.15, 0.2) is 18.2 Å². The van der Waals surface area contributed by atoms with Gasteiger partial charge in [0.15, 0.2) is 0 Å². The number of benzene rings is 1. The Kier molecular flexibility index (Phi) is 3.55. The number of hydrogen-bond acceptors (Lipinski definition) is 2. The molecule has 1 aliphatic heterocycles. The maximum atomic E-state index is 10.8. The number of rotatable bonds is 2. The van der Waals surface area contributed by atoms with Crippen molar-refractivity contribution in [3.63, 3.8) is 0 Å². The molecule has 1 aromatic carbocycles. The van der Waals surface area contributed by atoms with E-state index >= 15 is 0 Å². The van der Waals surface area contributed by atoms with Crippen LogP contribution in [-0.4, -0.2) is 18.3 Å². The summed E-state index contributed by atoms with van der Waals surface area (Å²) in [6.45, 7) is 7.64. The molecule has 1 aliphatic rings. The second-order valence-electron chi connectivity index (χ2n) is 5.41. The van der Waals surface area contributed by atoms with Crippen LogP contribution < -0.4 is 0 Å². The molecule has 0 saturated carbocycles. The predicted octanol–water partition coefficient (Wildman–Crippen LogP) is 2.94. The molecule has 1 N–H and O–H groups in total. The summed E-state index contributed by atoms with van der Waals surface area (Å²) in [7, 11) is 0. The molecule has 2 heteroatoms. The molecule has 1 saturated heterocycles. The lowest BCUT2D eigenvalue weighted by Gasteiger charge is -2.36. The van der Waals surface area contributed by atoms with Gasteiger partial charge in [0, 0.05) is 13.2 Å². The minimum Gasteiger partial charge on any atom is -0.385 e. The highest BCUT2D eigenvalue weighted by atomic mass is 16.5. The third-order valence-electron chi connectivity index (χ3n) is 3.82. The normalized spacial score (nSPS) is 21.2. The summed E-state index contributed by atoms with van der Waals surface area (Å²) in [5, 5.41) is 10.8. The topological polar surface area (TPSA) is 29.5 Å². The first-order chi connectivity index (χ1) is 8.00. The Morgan fingerprint density at radius 1 is 1.12 bits per heavy atom. The summed E-state index contributed by atoms with van der Waals surface area (Å²) >= 11 is 0. The standard InChI is InChI=1S/C15H22O2/c1-11-8-12(2)10-14(9-11)15(3,16)13-4-6-17-7-5-13/h8-10,13,16H,4-7H2,1-3H3. The fourth-order valence-corrected chi connectivity index (χ4v) is 2.76. The molecular weight excluding hydrogens is 212 g/mol. The Morgan fingerprint density at radius 3 is 2.18 bits per heavy atom. The molecule has 1 atom stereocenters. The van der Waals surface area contributed by atoms with Crippen LogP contribution in [0.1, 0.15) is 36.5 Å². The van der Waals surface area contributed by atoms with E-state index in [1.54, 1.807) is 0 Å². The van der Waals surface area contributed by atoms with Gasteiger partial charge < -0.3 is 9.84 Å². The zero-order valence-corrected chi connectivity index (χ0v) is 11.0. The Balaban J connectivity index is 2.29. The van der Waals surface area contributed by atoms with E-state index in [2.05, 4.69) is 32.0 Å².